The van der Waals surface area contributed by atoms with Crippen molar-refractivity contribution in [2.24, 2.45) is 0 Å². The zero-order chi connectivity index (χ0) is 18.8. The minimum atomic E-state index is -0.423. The molecule has 0 saturated heterocycles. The molecule has 0 amide bonds. The summed E-state index contributed by atoms with van der Waals surface area (Å²) in [7, 11) is 0. The van der Waals surface area contributed by atoms with Crippen LogP contribution in [0.25, 0.3) is 22.5 Å². The highest BCUT2D eigenvalue weighted by Gasteiger charge is 2.14. The maximum atomic E-state index is 9.14. The minimum Gasteiger partial charge on any atom is -0.368 e. The summed E-state index contributed by atoms with van der Waals surface area (Å²) in [5.74, 6) is 0.513. The molecule has 130 valence electrons. The second-order valence-corrected chi connectivity index (χ2v) is 5.71. The maximum Gasteiger partial charge on any atom is 0.164 e. The third-order valence-electron chi connectivity index (χ3n) is 3.86. The van der Waals surface area contributed by atoms with Gasteiger partial charge >= 0.3 is 0 Å². The van der Waals surface area contributed by atoms with Crippen molar-refractivity contribution >= 4 is 16.7 Å². The van der Waals surface area contributed by atoms with E-state index in [9.17, 15) is 0 Å². The number of pyridine rings is 2. The van der Waals surface area contributed by atoms with Crippen LogP contribution in [0, 0.1) is 22.7 Å². The van der Waals surface area contributed by atoms with Crippen LogP contribution in [0.3, 0.4) is 0 Å². The van der Waals surface area contributed by atoms with Gasteiger partial charge in [-0.1, -0.05) is 5.21 Å². The number of rotatable bonds is 4. The number of hydrogen-bond acceptors (Lipinski definition) is 8. The third kappa shape index (κ3) is 2.92. The molecule has 0 fully saturated rings. The lowest BCUT2D eigenvalue weighted by molar-refractivity contribution is 0.792. The smallest absolute Gasteiger partial charge is 0.164 e. The Kier molecular flexibility index (Phi) is 3.92. The Labute approximate surface area is 153 Å². The van der Waals surface area contributed by atoms with Crippen molar-refractivity contribution in [3.8, 4) is 23.6 Å². The van der Waals surface area contributed by atoms with Gasteiger partial charge in [-0.25, -0.2) is 14.6 Å². The molecule has 1 N–H and O–H groups in total. The quantitative estimate of drug-likeness (QED) is 0.582. The molecule has 0 aliphatic rings. The summed E-state index contributed by atoms with van der Waals surface area (Å²) in [6.07, 6.45) is 7.98. The topological polar surface area (TPSA) is 134 Å². The number of fused-ring (bicyclic) bond motifs is 1. The molecule has 0 aliphatic heterocycles. The molecular weight excluding hydrogens is 344 g/mol. The third-order valence-corrected chi connectivity index (χ3v) is 3.86. The van der Waals surface area contributed by atoms with E-state index in [1.54, 1.807) is 53.2 Å². The van der Waals surface area contributed by atoms with Gasteiger partial charge in [0.2, 0.25) is 0 Å². The highest BCUT2D eigenvalue weighted by molar-refractivity contribution is 5.77. The molecule has 1 atom stereocenters. The largest absolute Gasteiger partial charge is 0.368 e. The van der Waals surface area contributed by atoms with Gasteiger partial charge in [0.15, 0.2) is 11.5 Å². The van der Waals surface area contributed by atoms with E-state index < -0.39 is 6.04 Å². The highest BCUT2D eigenvalue weighted by atomic mass is 15.4. The van der Waals surface area contributed by atoms with Crippen molar-refractivity contribution < 1.29 is 0 Å². The molecule has 4 heterocycles. The summed E-state index contributed by atoms with van der Waals surface area (Å²) in [5.41, 5.74) is 2.34. The van der Waals surface area contributed by atoms with Gasteiger partial charge in [0, 0.05) is 17.6 Å². The maximum absolute atomic E-state index is 9.14. The second-order valence-electron chi connectivity index (χ2n) is 5.71. The van der Waals surface area contributed by atoms with Crippen molar-refractivity contribution in [1.29, 1.82) is 10.5 Å². The van der Waals surface area contributed by atoms with Gasteiger partial charge in [-0.2, -0.15) is 20.3 Å². The van der Waals surface area contributed by atoms with Crippen LogP contribution < -0.4 is 5.32 Å². The first-order valence-corrected chi connectivity index (χ1v) is 7.97. The normalized spacial score (nSPS) is 11.7. The summed E-state index contributed by atoms with van der Waals surface area (Å²) < 4.78 is 3.13. The van der Waals surface area contributed by atoms with E-state index in [1.165, 1.54) is 6.20 Å². The van der Waals surface area contributed by atoms with Gasteiger partial charge in [0.05, 0.1) is 42.1 Å². The van der Waals surface area contributed by atoms with E-state index >= 15 is 0 Å². The molecule has 4 aromatic rings. The zero-order valence-corrected chi connectivity index (χ0v) is 14.1. The molecule has 4 rings (SSSR count). The monoisotopic (exact) mass is 356 g/mol. The predicted molar refractivity (Wildman–Crippen MR) is 95.0 cm³/mol. The van der Waals surface area contributed by atoms with Crippen LogP contribution in [-0.4, -0.2) is 40.8 Å². The van der Waals surface area contributed by atoms with E-state index in [1.807, 2.05) is 0 Å². The van der Waals surface area contributed by atoms with Crippen LogP contribution in [0.15, 0.2) is 43.1 Å². The number of anilines is 1. The number of nitriles is 2. The summed E-state index contributed by atoms with van der Waals surface area (Å²) in [6.45, 7) is 1.75. The fraction of sp³-hybridized carbons (Fsp3) is 0.118. The van der Waals surface area contributed by atoms with Crippen LogP contribution in [0.1, 0.15) is 12.5 Å². The van der Waals surface area contributed by atoms with Gasteiger partial charge in [0.25, 0.3) is 0 Å². The zero-order valence-electron chi connectivity index (χ0n) is 14.1. The van der Waals surface area contributed by atoms with Crippen molar-refractivity contribution in [3.05, 3.63) is 48.7 Å². The molecule has 0 spiro atoms. The van der Waals surface area contributed by atoms with E-state index in [2.05, 4.69) is 42.8 Å². The Balaban J connectivity index is 1.84. The number of nitrogens with one attached hydrogen (secondary N) is 1. The lowest BCUT2D eigenvalue weighted by Gasteiger charge is -2.14. The van der Waals surface area contributed by atoms with Crippen molar-refractivity contribution in [2.75, 3.05) is 5.32 Å². The van der Waals surface area contributed by atoms with Crippen LogP contribution in [0.5, 0.6) is 0 Å². The predicted octanol–water partition coefficient (Wildman–Crippen LogP) is 1.59. The first-order valence-electron chi connectivity index (χ1n) is 7.97. The molecule has 0 aromatic carbocycles. The first-order chi connectivity index (χ1) is 13.2. The number of hydrogen-bond donors (Lipinski definition) is 1. The highest BCUT2D eigenvalue weighted by Crippen LogP contribution is 2.24. The van der Waals surface area contributed by atoms with Crippen LogP contribution in [0.2, 0.25) is 0 Å². The first kappa shape index (κ1) is 16.2. The Morgan fingerprint density at radius 3 is 2.78 bits per heavy atom. The van der Waals surface area contributed by atoms with E-state index in [0.717, 1.165) is 5.39 Å². The van der Waals surface area contributed by atoms with Gasteiger partial charge < -0.3 is 5.32 Å². The SMILES string of the molecule is C[C@H](C#N)Nc1cc(-n2ncc3cc(C#N)cnc32)ncc1-n1ccnn1. The summed E-state index contributed by atoms with van der Waals surface area (Å²) in [6, 6.07) is 7.25. The Bertz CT molecular complexity index is 1190. The molecule has 0 bridgehead atoms. The molecule has 0 radical (unpaired) electrons. The fourth-order valence-corrected chi connectivity index (χ4v) is 2.60. The van der Waals surface area contributed by atoms with Crippen LogP contribution in [0.4, 0.5) is 5.69 Å². The lowest BCUT2D eigenvalue weighted by Crippen LogP contribution is -2.15. The molecule has 10 heteroatoms. The van der Waals surface area contributed by atoms with Gasteiger partial charge in [0.1, 0.15) is 17.8 Å². The molecule has 0 aliphatic carbocycles. The van der Waals surface area contributed by atoms with Gasteiger partial charge in [-0.05, 0) is 13.0 Å². The van der Waals surface area contributed by atoms with Gasteiger partial charge in [-0.15, -0.1) is 5.10 Å². The molecule has 4 aromatic heterocycles. The Morgan fingerprint density at radius 1 is 1.15 bits per heavy atom. The Morgan fingerprint density at radius 2 is 2.04 bits per heavy atom. The van der Waals surface area contributed by atoms with Crippen LogP contribution in [-0.2, 0) is 0 Å². The molecule has 10 nitrogen and oxygen atoms in total. The van der Waals surface area contributed by atoms with Crippen molar-refractivity contribution in [3.63, 3.8) is 0 Å². The van der Waals surface area contributed by atoms with Crippen LogP contribution >= 0.6 is 0 Å². The standard InChI is InChI=1S/C17H12N10/c1-11(6-18)24-14-5-16(20-10-15(14)26-3-2-22-25-26)27-17-13(9-23-27)4-12(7-19)8-21-17/h2-5,8-11H,1H3,(H,20,24)/t11-/m1/s1. The van der Waals surface area contributed by atoms with Crippen molar-refractivity contribution in [2.45, 2.75) is 13.0 Å². The lowest BCUT2D eigenvalue weighted by atomic mass is 10.2. The molecule has 27 heavy (non-hydrogen) atoms. The average Bonchev–Trinajstić information content (AvgIpc) is 3.37. The number of aromatic nitrogens is 7. The Hall–Kier alpha value is -4.31. The minimum absolute atomic E-state index is 0.423. The number of nitrogens with zero attached hydrogens (tertiary/aromatic N) is 9. The molecule has 0 saturated carbocycles. The summed E-state index contributed by atoms with van der Waals surface area (Å²) >= 11 is 0. The molecular formula is C17H12N10. The fourth-order valence-electron chi connectivity index (χ4n) is 2.60. The summed E-state index contributed by atoms with van der Waals surface area (Å²) in [4.78, 5) is 8.75. The second kappa shape index (κ2) is 6.54. The van der Waals surface area contributed by atoms with E-state index in [0.29, 0.717) is 28.4 Å². The van der Waals surface area contributed by atoms with Crippen molar-refractivity contribution in [1.82, 2.24) is 34.7 Å². The van der Waals surface area contributed by atoms with E-state index in [-0.39, 0.29) is 0 Å². The average molecular weight is 356 g/mol. The molecule has 0 unspecified atom stereocenters. The van der Waals surface area contributed by atoms with E-state index in [4.69, 9.17) is 10.5 Å². The summed E-state index contributed by atoms with van der Waals surface area (Å²) in [5, 5.41) is 34.1. The van der Waals surface area contributed by atoms with Gasteiger partial charge in [-0.3, -0.25) is 0 Å².